The maximum atomic E-state index is 11.7. The number of aryl methyl sites for hydroxylation is 1. The number of imidazole rings is 1. The van der Waals surface area contributed by atoms with Gasteiger partial charge in [0.25, 0.3) is 5.69 Å². The van der Waals surface area contributed by atoms with E-state index in [1.807, 2.05) is 6.07 Å². The van der Waals surface area contributed by atoms with Crippen molar-refractivity contribution < 1.29 is 4.92 Å². The molecule has 0 fully saturated rings. The summed E-state index contributed by atoms with van der Waals surface area (Å²) in [5.74, 6) is 0.822. The SMILES string of the molecule is CCCCCCn1c(-c2cc(C(C)(C)C)cc(C(C)(C)C)c2)nc2c([N+](=O)[O-])cccc21. The number of fused-ring (bicyclic) bond motifs is 1. The van der Waals surface area contributed by atoms with Gasteiger partial charge < -0.3 is 4.57 Å². The third-order valence-corrected chi connectivity index (χ3v) is 6.11. The first-order valence-electron chi connectivity index (χ1n) is 11.7. The molecule has 2 aromatic carbocycles. The van der Waals surface area contributed by atoms with Crippen molar-refractivity contribution in [1.29, 1.82) is 0 Å². The quantitative estimate of drug-likeness (QED) is 0.216. The highest BCUT2D eigenvalue weighted by molar-refractivity contribution is 5.88. The van der Waals surface area contributed by atoms with Gasteiger partial charge in [0.2, 0.25) is 0 Å². The first kappa shape index (κ1) is 24.0. The molecule has 0 amide bonds. The van der Waals surface area contributed by atoms with Crippen LogP contribution >= 0.6 is 0 Å². The highest BCUT2D eigenvalue weighted by Gasteiger charge is 2.24. The van der Waals surface area contributed by atoms with E-state index in [9.17, 15) is 10.1 Å². The van der Waals surface area contributed by atoms with E-state index in [2.05, 4.69) is 71.2 Å². The number of rotatable bonds is 7. The fourth-order valence-corrected chi connectivity index (χ4v) is 4.05. The van der Waals surface area contributed by atoms with Crippen molar-refractivity contribution in [2.75, 3.05) is 0 Å². The van der Waals surface area contributed by atoms with E-state index < -0.39 is 0 Å². The van der Waals surface area contributed by atoms with Crippen LogP contribution in [0.25, 0.3) is 22.4 Å². The molecule has 0 N–H and O–H groups in total. The number of nitrogens with zero attached hydrogens (tertiary/aromatic N) is 3. The predicted molar refractivity (Wildman–Crippen MR) is 133 cm³/mol. The number of hydrogen-bond acceptors (Lipinski definition) is 3. The van der Waals surface area contributed by atoms with Crippen LogP contribution in [0.5, 0.6) is 0 Å². The lowest BCUT2D eigenvalue weighted by molar-refractivity contribution is -0.383. The molecule has 0 unspecified atom stereocenters. The maximum Gasteiger partial charge on any atom is 0.297 e. The molecule has 0 spiro atoms. The van der Waals surface area contributed by atoms with Crippen LogP contribution in [0.4, 0.5) is 5.69 Å². The zero-order valence-corrected chi connectivity index (χ0v) is 20.7. The fraction of sp³-hybridized carbons (Fsp3) is 0.519. The van der Waals surface area contributed by atoms with E-state index in [-0.39, 0.29) is 21.4 Å². The first-order valence-corrected chi connectivity index (χ1v) is 11.7. The monoisotopic (exact) mass is 435 g/mol. The van der Waals surface area contributed by atoms with Gasteiger partial charge in [-0.15, -0.1) is 0 Å². The van der Waals surface area contributed by atoms with E-state index in [4.69, 9.17) is 4.98 Å². The molecular formula is C27H37N3O2. The van der Waals surface area contributed by atoms with E-state index in [1.54, 1.807) is 12.1 Å². The Morgan fingerprint density at radius 3 is 2.09 bits per heavy atom. The Bertz CT molecular complexity index is 1080. The van der Waals surface area contributed by atoms with Crippen LogP contribution in [-0.2, 0) is 17.4 Å². The molecule has 0 aliphatic rings. The highest BCUT2D eigenvalue weighted by Crippen LogP contribution is 2.36. The topological polar surface area (TPSA) is 61.0 Å². The van der Waals surface area contributed by atoms with Crippen LogP contribution in [0.15, 0.2) is 36.4 Å². The summed E-state index contributed by atoms with van der Waals surface area (Å²) in [5, 5.41) is 11.7. The molecule has 5 nitrogen and oxygen atoms in total. The molecule has 0 aliphatic carbocycles. The number of benzene rings is 2. The molecule has 3 aromatic rings. The van der Waals surface area contributed by atoms with E-state index in [1.165, 1.54) is 24.0 Å². The average molecular weight is 436 g/mol. The second-order valence-corrected chi connectivity index (χ2v) is 10.8. The van der Waals surface area contributed by atoms with Crippen LogP contribution < -0.4 is 0 Å². The Labute approximate surface area is 192 Å². The minimum absolute atomic E-state index is 0.0139. The normalized spacial score (nSPS) is 12.5. The van der Waals surface area contributed by atoms with Gasteiger partial charge in [0.05, 0.1) is 10.4 Å². The van der Waals surface area contributed by atoms with Gasteiger partial charge in [-0.05, 0) is 46.6 Å². The van der Waals surface area contributed by atoms with Crippen molar-refractivity contribution in [2.45, 2.75) is 91.5 Å². The van der Waals surface area contributed by atoms with Crippen molar-refractivity contribution in [3.05, 3.63) is 57.6 Å². The van der Waals surface area contributed by atoms with Crippen LogP contribution in [0, 0.1) is 10.1 Å². The van der Waals surface area contributed by atoms with Crippen molar-refractivity contribution in [3.63, 3.8) is 0 Å². The smallest absolute Gasteiger partial charge is 0.297 e. The Morgan fingerprint density at radius 2 is 1.56 bits per heavy atom. The third-order valence-electron chi connectivity index (χ3n) is 6.11. The molecule has 0 saturated carbocycles. The Hall–Kier alpha value is -2.69. The maximum absolute atomic E-state index is 11.7. The molecule has 0 saturated heterocycles. The molecule has 0 bridgehead atoms. The molecule has 1 aromatic heterocycles. The van der Waals surface area contributed by atoms with E-state index in [0.29, 0.717) is 5.52 Å². The zero-order valence-electron chi connectivity index (χ0n) is 20.7. The summed E-state index contributed by atoms with van der Waals surface area (Å²) in [6.45, 7) is 16.3. The number of para-hydroxylation sites is 1. The molecular weight excluding hydrogens is 398 g/mol. The van der Waals surface area contributed by atoms with Gasteiger partial charge in [-0.3, -0.25) is 10.1 Å². The summed E-state index contributed by atoms with van der Waals surface area (Å²) in [7, 11) is 0. The van der Waals surface area contributed by atoms with E-state index in [0.717, 1.165) is 36.3 Å². The fourth-order valence-electron chi connectivity index (χ4n) is 4.05. The molecule has 172 valence electrons. The molecule has 3 rings (SSSR count). The summed E-state index contributed by atoms with van der Waals surface area (Å²) >= 11 is 0. The standard InChI is InChI=1S/C27H37N3O2/c1-8-9-10-11-15-29-22-13-12-14-23(30(31)32)24(22)28-25(29)19-16-20(26(2,3)4)18-21(17-19)27(5,6)7/h12-14,16-18H,8-11,15H2,1-7H3. The summed E-state index contributed by atoms with van der Waals surface area (Å²) in [5.41, 5.74) is 4.88. The number of hydrogen-bond donors (Lipinski definition) is 0. The van der Waals surface area contributed by atoms with Crippen molar-refractivity contribution in [2.24, 2.45) is 0 Å². The second kappa shape index (κ2) is 9.05. The van der Waals surface area contributed by atoms with Gasteiger partial charge in [0.15, 0.2) is 5.52 Å². The summed E-state index contributed by atoms with van der Waals surface area (Å²) in [6, 6.07) is 12.0. The minimum atomic E-state index is -0.327. The van der Waals surface area contributed by atoms with Gasteiger partial charge >= 0.3 is 0 Å². The zero-order chi connectivity index (χ0) is 23.7. The third kappa shape index (κ3) is 5.03. The van der Waals surface area contributed by atoms with Crippen LogP contribution in [0.3, 0.4) is 0 Å². The molecule has 32 heavy (non-hydrogen) atoms. The Balaban J connectivity index is 2.27. The largest absolute Gasteiger partial charge is 0.324 e. The molecule has 1 heterocycles. The lowest BCUT2D eigenvalue weighted by Crippen LogP contribution is -2.17. The van der Waals surface area contributed by atoms with E-state index >= 15 is 0 Å². The van der Waals surface area contributed by atoms with Crippen molar-refractivity contribution in [3.8, 4) is 11.4 Å². The van der Waals surface area contributed by atoms with Gasteiger partial charge in [0, 0.05) is 18.2 Å². The summed E-state index contributed by atoms with van der Waals surface area (Å²) < 4.78 is 2.19. The van der Waals surface area contributed by atoms with Crippen LogP contribution in [-0.4, -0.2) is 14.5 Å². The van der Waals surface area contributed by atoms with Gasteiger partial charge in [-0.1, -0.05) is 79.9 Å². The lowest BCUT2D eigenvalue weighted by Gasteiger charge is -2.26. The van der Waals surface area contributed by atoms with Crippen LogP contribution in [0.2, 0.25) is 0 Å². The first-order chi connectivity index (χ1) is 14.9. The average Bonchev–Trinajstić information content (AvgIpc) is 3.08. The number of nitro groups is 1. The van der Waals surface area contributed by atoms with Gasteiger partial charge in [-0.25, -0.2) is 4.98 Å². The summed E-state index contributed by atoms with van der Waals surface area (Å²) in [6.07, 6.45) is 4.53. The lowest BCUT2D eigenvalue weighted by atomic mass is 9.79. The minimum Gasteiger partial charge on any atom is -0.324 e. The molecule has 0 aliphatic heterocycles. The Morgan fingerprint density at radius 1 is 0.938 bits per heavy atom. The van der Waals surface area contributed by atoms with Gasteiger partial charge in [-0.2, -0.15) is 0 Å². The number of unbranched alkanes of at least 4 members (excludes halogenated alkanes) is 3. The van der Waals surface area contributed by atoms with Gasteiger partial charge in [0.1, 0.15) is 5.82 Å². The number of aromatic nitrogens is 2. The van der Waals surface area contributed by atoms with Crippen LogP contribution in [0.1, 0.15) is 85.3 Å². The van der Waals surface area contributed by atoms with Crippen molar-refractivity contribution >= 4 is 16.7 Å². The number of nitro benzene ring substituents is 1. The Kier molecular flexibility index (Phi) is 6.77. The second-order valence-electron chi connectivity index (χ2n) is 10.8. The summed E-state index contributed by atoms with van der Waals surface area (Å²) in [4.78, 5) is 16.2. The highest BCUT2D eigenvalue weighted by atomic mass is 16.6. The predicted octanol–water partition coefficient (Wildman–Crippen LogP) is 7.79. The molecule has 0 atom stereocenters. The van der Waals surface area contributed by atoms with Crippen molar-refractivity contribution in [1.82, 2.24) is 9.55 Å². The molecule has 5 heteroatoms. The molecule has 0 radical (unpaired) electrons. The number of non-ortho nitro benzene ring substituents is 1.